The van der Waals surface area contributed by atoms with Crippen LogP contribution in [0, 0.1) is 0 Å². The molecule has 0 aromatic heterocycles. The minimum atomic E-state index is -0.339. The summed E-state index contributed by atoms with van der Waals surface area (Å²) in [7, 11) is 0. The summed E-state index contributed by atoms with van der Waals surface area (Å²) < 4.78 is 5.01. The van der Waals surface area contributed by atoms with E-state index >= 15 is 0 Å². The minimum Gasteiger partial charge on any atom is -0.462 e. The molecule has 0 saturated carbocycles. The molecule has 1 unspecified atom stereocenters. The number of carbonyl (C=O) groups is 2. The van der Waals surface area contributed by atoms with Crippen LogP contribution in [0.2, 0.25) is 0 Å². The molecule has 32 heavy (non-hydrogen) atoms. The van der Waals surface area contributed by atoms with Crippen LogP contribution in [-0.2, 0) is 16.0 Å². The number of amides is 1. The molecular weight excluding hydrogens is 400 g/mol. The Labute approximate surface area is 192 Å². The van der Waals surface area contributed by atoms with E-state index in [1.54, 1.807) is 19.1 Å². The van der Waals surface area contributed by atoms with Gasteiger partial charge in [0.05, 0.1) is 24.6 Å². The highest BCUT2D eigenvalue weighted by Crippen LogP contribution is 2.28. The molecule has 2 aromatic carbocycles. The Morgan fingerprint density at radius 2 is 1.56 bits per heavy atom. The van der Waals surface area contributed by atoms with Crippen molar-refractivity contribution in [2.45, 2.75) is 64.8 Å². The molecule has 172 valence electrons. The largest absolute Gasteiger partial charge is 0.462 e. The zero-order valence-corrected chi connectivity index (χ0v) is 19.4. The summed E-state index contributed by atoms with van der Waals surface area (Å²) in [5, 5.41) is 3.16. The number of anilines is 1. The van der Waals surface area contributed by atoms with Gasteiger partial charge in [0.25, 0.3) is 0 Å². The Hall–Kier alpha value is -2.82. The summed E-state index contributed by atoms with van der Waals surface area (Å²) in [5.74, 6) is -0.366. The fourth-order valence-corrected chi connectivity index (χ4v) is 4.34. The molecule has 1 aliphatic heterocycles. The van der Waals surface area contributed by atoms with E-state index in [1.165, 1.54) is 44.2 Å². The van der Waals surface area contributed by atoms with Gasteiger partial charge < -0.3 is 15.0 Å². The lowest BCUT2D eigenvalue weighted by molar-refractivity contribution is -0.121. The van der Waals surface area contributed by atoms with Gasteiger partial charge in [0.15, 0.2) is 0 Å². The van der Waals surface area contributed by atoms with Crippen LogP contribution in [-0.4, -0.2) is 31.6 Å². The van der Waals surface area contributed by atoms with Crippen molar-refractivity contribution in [2.75, 3.05) is 24.6 Å². The molecule has 2 aromatic rings. The zero-order valence-electron chi connectivity index (χ0n) is 19.4. The highest BCUT2D eigenvalue weighted by molar-refractivity contribution is 5.89. The van der Waals surface area contributed by atoms with Crippen LogP contribution in [0.25, 0.3) is 0 Å². The SMILES string of the molecule is CCOC(=O)c1ccc(CC(=O)NC(C)c2ccccc2N2CCCCCCCC2)cc1. The van der Waals surface area contributed by atoms with Crippen molar-refractivity contribution >= 4 is 17.6 Å². The van der Waals surface area contributed by atoms with Gasteiger partial charge in [-0.25, -0.2) is 4.79 Å². The van der Waals surface area contributed by atoms with Gasteiger partial charge in [0.2, 0.25) is 5.91 Å². The molecule has 1 amide bonds. The van der Waals surface area contributed by atoms with Gasteiger partial charge in [-0.1, -0.05) is 56.0 Å². The number of hydrogen-bond donors (Lipinski definition) is 1. The number of rotatable bonds is 7. The smallest absolute Gasteiger partial charge is 0.338 e. The second kappa shape index (κ2) is 12.3. The fourth-order valence-electron chi connectivity index (χ4n) is 4.34. The third kappa shape index (κ3) is 6.84. The van der Waals surface area contributed by atoms with Crippen molar-refractivity contribution in [3.63, 3.8) is 0 Å². The quantitative estimate of drug-likeness (QED) is 0.587. The molecule has 1 aliphatic rings. The molecule has 0 bridgehead atoms. The maximum absolute atomic E-state index is 12.7. The van der Waals surface area contributed by atoms with Crippen LogP contribution in [0.4, 0.5) is 5.69 Å². The van der Waals surface area contributed by atoms with Gasteiger partial charge in [-0.05, 0) is 56.0 Å². The number of esters is 1. The number of carbonyl (C=O) groups excluding carboxylic acids is 2. The van der Waals surface area contributed by atoms with Crippen LogP contribution >= 0.6 is 0 Å². The molecule has 1 saturated heterocycles. The second-order valence-electron chi connectivity index (χ2n) is 8.55. The standard InChI is InChI=1S/C27H36N2O3/c1-3-32-27(31)23-16-14-22(15-17-23)20-26(30)28-21(2)24-12-8-9-13-25(24)29-18-10-6-4-5-7-11-19-29/h8-9,12-17,21H,3-7,10-11,18-20H2,1-2H3,(H,28,30). The van der Waals surface area contributed by atoms with E-state index in [9.17, 15) is 9.59 Å². The van der Waals surface area contributed by atoms with E-state index in [0.717, 1.165) is 24.2 Å². The van der Waals surface area contributed by atoms with E-state index in [4.69, 9.17) is 4.74 Å². The van der Waals surface area contributed by atoms with E-state index in [1.807, 2.05) is 18.2 Å². The number of hydrogen-bond acceptors (Lipinski definition) is 4. The molecule has 5 heteroatoms. The van der Waals surface area contributed by atoms with Crippen molar-refractivity contribution in [1.82, 2.24) is 5.32 Å². The topological polar surface area (TPSA) is 58.6 Å². The number of nitrogens with zero attached hydrogens (tertiary/aromatic N) is 1. The zero-order chi connectivity index (χ0) is 22.8. The molecule has 0 radical (unpaired) electrons. The van der Waals surface area contributed by atoms with Gasteiger partial charge >= 0.3 is 5.97 Å². The third-order valence-corrected chi connectivity index (χ3v) is 6.06. The Morgan fingerprint density at radius 3 is 2.22 bits per heavy atom. The maximum atomic E-state index is 12.7. The van der Waals surface area contributed by atoms with Crippen molar-refractivity contribution in [2.24, 2.45) is 0 Å². The molecule has 5 nitrogen and oxygen atoms in total. The summed E-state index contributed by atoms with van der Waals surface area (Å²) >= 11 is 0. The average molecular weight is 437 g/mol. The van der Waals surface area contributed by atoms with Crippen molar-refractivity contribution < 1.29 is 14.3 Å². The van der Waals surface area contributed by atoms with Crippen LogP contribution in [0.1, 0.15) is 79.9 Å². The normalized spacial score (nSPS) is 15.8. The first-order valence-electron chi connectivity index (χ1n) is 12.0. The Kier molecular flexibility index (Phi) is 9.14. The molecule has 1 N–H and O–H groups in total. The number of para-hydroxylation sites is 1. The van der Waals surface area contributed by atoms with Gasteiger partial charge in [-0.2, -0.15) is 0 Å². The van der Waals surface area contributed by atoms with Crippen molar-refractivity contribution in [3.05, 3.63) is 65.2 Å². The van der Waals surface area contributed by atoms with Gasteiger partial charge in [-0.3, -0.25) is 4.79 Å². The van der Waals surface area contributed by atoms with E-state index in [0.29, 0.717) is 12.2 Å². The molecule has 1 atom stereocenters. The highest BCUT2D eigenvalue weighted by atomic mass is 16.5. The minimum absolute atomic E-state index is 0.0272. The Morgan fingerprint density at radius 1 is 0.938 bits per heavy atom. The maximum Gasteiger partial charge on any atom is 0.338 e. The van der Waals surface area contributed by atoms with Crippen molar-refractivity contribution in [1.29, 1.82) is 0 Å². The Bertz CT molecular complexity index is 869. The number of ether oxygens (including phenoxy) is 1. The van der Waals surface area contributed by atoms with Crippen LogP contribution < -0.4 is 10.2 Å². The first kappa shape index (κ1) is 23.8. The monoisotopic (exact) mass is 436 g/mol. The predicted molar refractivity (Wildman–Crippen MR) is 129 cm³/mol. The summed E-state index contributed by atoms with van der Waals surface area (Å²) in [5.41, 5.74) is 3.78. The third-order valence-electron chi connectivity index (χ3n) is 6.06. The molecule has 1 heterocycles. The van der Waals surface area contributed by atoms with Crippen molar-refractivity contribution in [3.8, 4) is 0 Å². The lowest BCUT2D eigenvalue weighted by Crippen LogP contribution is -2.31. The van der Waals surface area contributed by atoms with E-state index < -0.39 is 0 Å². The summed E-state index contributed by atoms with van der Waals surface area (Å²) in [4.78, 5) is 27.0. The van der Waals surface area contributed by atoms with Gasteiger partial charge in [-0.15, -0.1) is 0 Å². The molecule has 0 spiro atoms. The van der Waals surface area contributed by atoms with Crippen LogP contribution in [0.5, 0.6) is 0 Å². The number of benzene rings is 2. The molecule has 1 fully saturated rings. The highest BCUT2D eigenvalue weighted by Gasteiger charge is 2.18. The Balaban J connectivity index is 1.63. The molecule has 3 rings (SSSR count). The lowest BCUT2D eigenvalue weighted by atomic mass is 10.0. The van der Waals surface area contributed by atoms with Crippen LogP contribution in [0.15, 0.2) is 48.5 Å². The second-order valence-corrected chi connectivity index (χ2v) is 8.55. The predicted octanol–water partition coefficient (Wildman–Crippen LogP) is 5.44. The van der Waals surface area contributed by atoms with Crippen LogP contribution in [0.3, 0.4) is 0 Å². The van der Waals surface area contributed by atoms with E-state index in [-0.39, 0.29) is 24.3 Å². The van der Waals surface area contributed by atoms with E-state index in [2.05, 4.69) is 35.3 Å². The van der Waals surface area contributed by atoms with Gasteiger partial charge in [0, 0.05) is 18.8 Å². The summed E-state index contributed by atoms with van der Waals surface area (Å²) in [6.07, 6.45) is 7.97. The summed E-state index contributed by atoms with van der Waals surface area (Å²) in [6, 6.07) is 15.4. The molecular formula is C27H36N2O3. The summed E-state index contributed by atoms with van der Waals surface area (Å²) in [6.45, 7) is 6.33. The first-order valence-corrected chi connectivity index (χ1v) is 12.0. The van der Waals surface area contributed by atoms with Gasteiger partial charge in [0.1, 0.15) is 0 Å². The lowest BCUT2D eigenvalue weighted by Gasteiger charge is -2.29. The molecule has 0 aliphatic carbocycles. The number of nitrogens with one attached hydrogen (secondary N) is 1. The first-order chi connectivity index (χ1) is 15.6. The average Bonchev–Trinajstić information content (AvgIpc) is 2.93. The fraction of sp³-hybridized carbons (Fsp3) is 0.481.